The fourth-order valence-corrected chi connectivity index (χ4v) is 2.68. The summed E-state index contributed by atoms with van der Waals surface area (Å²) in [7, 11) is 0. The number of hydrogen-bond donors (Lipinski definition) is 1. The van der Waals surface area contributed by atoms with Crippen LogP contribution in [-0.4, -0.2) is 30.4 Å². The molecule has 1 atom stereocenters. The van der Waals surface area contributed by atoms with Crippen molar-refractivity contribution >= 4 is 0 Å². The lowest BCUT2D eigenvalue weighted by molar-refractivity contribution is -0.389. The van der Waals surface area contributed by atoms with Crippen molar-refractivity contribution in [1.82, 2.24) is 0 Å². The maximum absolute atomic E-state index is 10.8. The number of para-hydroxylation sites is 1. The molecule has 4 heteroatoms. The summed E-state index contributed by atoms with van der Waals surface area (Å²) in [4.78, 5) is 0. The average molecular weight is 338 g/mol. The van der Waals surface area contributed by atoms with Gasteiger partial charge in [-0.1, -0.05) is 51.3 Å². The summed E-state index contributed by atoms with van der Waals surface area (Å²) in [6.07, 6.45) is 4.62. The summed E-state index contributed by atoms with van der Waals surface area (Å²) in [5, 5.41) is 10.8. The van der Waals surface area contributed by atoms with Crippen LogP contribution in [0.15, 0.2) is 30.3 Å². The second kappa shape index (κ2) is 11.5. The SMILES string of the molecule is CCOC(O)(OCC)C(CCCCCC(C)C)Oc1ccccc1. The van der Waals surface area contributed by atoms with Crippen LogP contribution in [0.2, 0.25) is 0 Å². The Morgan fingerprint density at radius 3 is 2.04 bits per heavy atom. The van der Waals surface area contributed by atoms with E-state index < -0.39 is 12.1 Å². The van der Waals surface area contributed by atoms with Crippen LogP contribution in [0.5, 0.6) is 5.75 Å². The molecule has 0 aromatic heterocycles. The molecule has 0 fully saturated rings. The largest absolute Gasteiger partial charge is 0.482 e. The Balaban J connectivity index is 2.70. The van der Waals surface area contributed by atoms with Gasteiger partial charge in [-0.2, -0.15) is 0 Å². The summed E-state index contributed by atoms with van der Waals surface area (Å²) in [6, 6.07) is 9.52. The van der Waals surface area contributed by atoms with Gasteiger partial charge in [0.25, 0.3) is 0 Å². The summed E-state index contributed by atoms with van der Waals surface area (Å²) >= 11 is 0. The van der Waals surface area contributed by atoms with E-state index >= 15 is 0 Å². The zero-order chi connectivity index (χ0) is 17.8. The topological polar surface area (TPSA) is 47.9 Å². The lowest BCUT2D eigenvalue weighted by atomic mass is 10.0. The van der Waals surface area contributed by atoms with Crippen molar-refractivity contribution in [1.29, 1.82) is 0 Å². The smallest absolute Gasteiger partial charge is 0.319 e. The Morgan fingerprint density at radius 2 is 1.50 bits per heavy atom. The van der Waals surface area contributed by atoms with Crippen molar-refractivity contribution in [2.45, 2.75) is 71.9 Å². The van der Waals surface area contributed by atoms with Crippen LogP contribution < -0.4 is 4.74 Å². The zero-order valence-corrected chi connectivity index (χ0v) is 15.7. The average Bonchev–Trinajstić information content (AvgIpc) is 2.54. The first-order chi connectivity index (χ1) is 11.5. The van der Waals surface area contributed by atoms with Crippen molar-refractivity contribution in [3.63, 3.8) is 0 Å². The standard InChI is InChI=1S/C20H34O4/c1-5-22-20(21,23-6-2)19(16-12-7-9-13-17(3)4)24-18-14-10-8-11-15-18/h8,10-11,14-15,17,19,21H,5-7,9,12-13,16H2,1-4H3. The Hall–Kier alpha value is -1.10. The maximum Gasteiger partial charge on any atom is 0.319 e. The van der Waals surface area contributed by atoms with Crippen LogP contribution in [-0.2, 0) is 9.47 Å². The molecule has 0 radical (unpaired) electrons. The molecule has 0 amide bonds. The van der Waals surface area contributed by atoms with E-state index in [1.54, 1.807) is 0 Å². The molecule has 1 unspecified atom stereocenters. The molecule has 0 aliphatic carbocycles. The van der Waals surface area contributed by atoms with Crippen LogP contribution in [0, 0.1) is 5.92 Å². The van der Waals surface area contributed by atoms with E-state index in [9.17, 15) is 5.11 Å². The highest BCUT2D eigenvalue weighted by atomic mass is 16.8. The number of ether oxygens (including phenoxy) is 3. The molecule has 0 saturated carbocycles. The number of aliphatic hydroxyl groups is 1. The van der Waals surface area contributed by atoms with Gasteiger partial charge in [-0.25, -0.2) is 0 Å². The van der Waals surface area contributed by atoms with Gasteiger partial charge in [0.1, 0.15) is 5.75 Å². The third-order valence-electron chi connectivity index (χ3n) is 3.88. The quantitative estimate of drug-likeness (QED) is 0.416. The van der Waals surface area contributed by atoms with Gasteiger partial charge in [0.2, 0.25) is 0 Å². The van der Waals surface area contributed by atoms with Gasteiger partial charge >= 0.3 is 5.97 Å². The lowest BCUT2D eigenvalue weighted by Gasteiger charge is -2.34. The van der Waals surface area contributed by atoms with E-state index in [0.717, 1.165) is 18.8 Å². The van der Waals surface area contributed by atoms with Crippen LogP contribution in [0.1, 0.15) is 59.8 Å². The maximum atomic E-state index is 10.8. The molecule has 0 saturated heterocycles. The van der Waals surface area contributed by atoms with Crippen molar-refractivity contribution in [3.05, 3.63) is 30.3 Å². The molecule has 1 N–H and O–H groups in total. The third-order valence-corrected chi connectivity index (χ3v) is 3.88. The van der Waals surface area contributed by atoms with Gasteiger partial charge in [-0.05, 0) is 44.7 Å². The fraction of sp³-hybridized carbons (Fsp3) is 0.700. The van der Waals surface area contributed by atoms with Gasteiger partial charge in [0.05, 0.1) is 0 Å². The zero-order valence-electron chi connectivity index (χ0n) is 15.7. The van der Waals surface area contributed by atoms with E-state index in [0.29, 0.717) is 25.4 Å². The van der Waals surface area contributed by atoms with Crippen LogP contribution in [0.25, 0.3) is 0 Å². The van der Waals surface area contributed by atoms with Crippen molar-refractivity contribution < 1.29 is 19.3 Å². The van der Waals surface area contributed by atoms with Crippen LogP contribution in [0.3, 0.4) is 0 Å². The summed E-state index contributed by atoms with van der Waals surface area (Å²) in [5.74, 6) is -0.273. The summed E-state index contributed by atoms with van der Waals surface area (Å²) in [5.41, 5.74) is 0. The fourth-order valence-electron chi connectivity index (χ4n) is 2.68. The molecule has 24 heavy (non-hydrogen) atoms. The summed E-state index contributed by atoms with van der Waals surface area (Å²) in [6.45, 7) is 8.88. The number of benzene rings is 1. The van der Waals surface area contributed by atoms with Crippen molar-refractivity contribution in [3.8, 4) is 5.75 Å². The van der Waals surface area contributed by atoms with E-state index in [4.69, 9.17) is 14.2 Å². The van der Waals surface area contributed by atoms with Gasteiger partial charge in [-0.3, -0.25) is 0 Å². The molecule has 1 rings (SSSR count). The van der Waals surface area contributed by atoms with E-state index in [1.165, 1.54) is 12.8 Å². The predicted molar refractivity (Wildman–Crippen MR) is 97.0 cm³/mol. The molecular weight excluding hydrogens is 304 g/mol. The first-order valence-corrected chi connectivity index (χ1v) is 9.23. The Labute approximate surface area is 147 Å². The van der Waals surface area contributed by atoms with E-state index in [1.807, 2.05) is 44.2 Å². The highest BCUT2D eigenvalue weighted by Crippen LogP contribution is 2.26. The van der Waals surface area contributed by atoms with Crippen molar-refractivity contribution in [2.24, 2.45) is 5.92 Å². The minimum absolute atomic E-state index is 0.360. The molecule has 4 nitrogen and oxygen atoms in total. The molecular formula is C20H34O4. The van der Waals surface area contributed by atoms with E-state index in [2.05, 4.69) is 13.8 Å². The molecule has 1 aromatic rings. The van der Waals surface area contributed by atoms with E-state index in [-0.39, 0.29) is 0 Å². The van der Waals surface area contributed by atoms with Gasteiger partial charge in [-0.15, -0.1) is 0 Å². The predicted octanol–water partition coefficient (Wildman–Crippen LogP) is 4.76. The Kier molecular flexibility index (Phi) is 9.99. The molecule has 0 aliphatic rings. The van der Waals surface area contributed by atoms with Crippen LogP contribution in [0.4, 0.5) is 0 Å². The first-order valence-electron chi connectivity index (χ1n) is 9.23. The van der Waals surface area contributed by atoms with Crippen LogP contribution >= 0.6 is 0 Å². The normalized spacial score (nSPS) is 13.2. The molecule has 1 aromatic carbocycles. The Morgan fingerprint density at radius 1 is 0.917 bits per heavy atom. The molecule has 0 aliphatic heterocycles. The monoisotopic (exact) mass is 338 g/mol. The molecule has 0 spiro atoms. The minimum Gasteiger partial charge on any atom is -0.482 e. The van der Waals surface area contributed by atoms with Gasteiger partial charge < -0.3 is 19.3 Å². The second-order valence-corrected chi connectivity index (χ2v) is 6.45. The molecule has 0 heterocycles. The number of hydrogen-bond acceptors (Lipinski definition) is 4. The third kappa shape index (κ3) is 7.65. The summed E-state index contributed by atoms with van der Waals surface area (Å²) < 4.78 is 17.0. The number of unbranched alkanes of at least 4 members (excludes halogenated alkanes) is 2. The first kappa shape index (κ1) is 20.9. The molecule has 138 valence electrons. The lowest BCUT2D eigenvalue weighted by Crippen LogP contribution is -2.50. The highest BCUT2D eigenvalue weighted by Gasteiger charge is 2.40. The Bertz CT molecular complexity index is 413. The second-order valence-electron chi connectivity index (χ2n) is 6.45. The van der Waals surface area contributed by atoms with Gasteiger partial charge in [0, 0.05) is 13.2 Å². The molecule has 0 bridgehead atoms. The van der Waals surface area contributed by atoms with Crippen molar-refractivity contribution in [2.75, 3.05) is 13.2 Å². The highest BCUT2D eigenvalue weighted by molar-refractivity contribution is 5.21. The minimum atomic E-state index is -1.71. The van der Waals surface area contributed by atoms with Gasteiger partial charge in [0.15, 0.2) is 6.10 Å². The number of rotatable bonds is 13.